The Bertz CT molecular complexity index is 524. The molecule has 0 atom stereocenters. The smallest absolute Gasteiger partial charge is 0.427 e. The summed E-state index contributed by atoms with van der Waals surface area (Å²) in [4.78, 5) is 11.5. The zero-order valence-electron chi connectivity index (χ0n) is 11.3. The molecule has 1 rings (SSSR count). The molecular weight excluding hydrogens is 293 g/mol. The highest BCUT2D eigenvalue weighted by Gasteiger charge is 2.45. The number of hydrogen-bond acceptors (Lipinski definition) is 5. The van der Waals surface area contributed by atoms with E-state index >= 15 is 0 Å². The summed E-state index contributed by atoms with van der Waals surface area (Å²) in [5.74, 6) is -1.83. The minimum absolute atomic E-state index is 0.159. The van der Waals surface area contributed by atoms with Crippen LogP contribution in [-0.2, 0) is 18.4 Å². The maximum atomic E-state index is 13.6. The molecule has 5 nitrogen and oxygen atoms in total. The second-order valence-electron chi connectivity index (χ2n) is 3.99. The molecule has 0 aromatic heterocycles. The van der Waals surface area contributed by atoms with E-state index < -0.39 is 25.6 Å². The predicted octanol–water partition coefficient (Wildman–Crippen LogP) is 3.02. The number of ketones is 1. The highest BCUT2D eigenvalue weighted by Crippen LogP contribution is 2.47. The van der Waals surface area contributed by atoms with Crippen LogP contribution in [0.15, 0.2) is 24.3 Å². The van der Waals surface area contributed by atoms with Gasteiger partial charge in [-0.1, -0.05) is 12.1 Å². The zero-order chi connectivity index (χ0) is 15.4. The molecule has 112 valence electrons. The van der Waals surface area contributed by atoms with E-state index in [4.69, 9.17) is 0 Å². The van der Waals surface area contributed by atoms with E-state index in [2.05, 4.69) is 13.8 Å². The van der Waals surface area contributed by atoms with Gasteiger partial charge in [0.25, 0.3) is 5.78 Å². The van der Waals surface area contributed by atoms with Crippen molar-refractivity contribution in [1.29, 1.82) is 0 Å². The van der Waals surface area contributed by atoms with Crippen molar-refractivity contribution in [2.75, 3.05) is 20.4 Å². The first kappa shape index (κ1) is 16.8. The Hall–Kier alpha value is -1.30. The fourth-order valence-electron chi connectivity index (χ4n) is 1.36. The number of halogens is 2. The van der Waals surface area contributed by atoms with Gasteiger partial charge in [0.2, 0.25) is 0 Å². The van der Waals surface area contributed by atoms with Crippen LogP contribution in [0.4, 0.5) is 8.78 Å². The van der Waals surface area contributed by atoms with Gasteiger partial charge in [-0.2, -0.15) is 8.78 Å². The van der Waals surface area contributed by atoms with Gasteiger partial charge < -0.3 is 13.8 Å². The molecule has 8 heteroatoms. The number of carbonyl (C=O) groups excluding carboxylic acids is 1. The summed E-state index contributed by atoms with van der Waals surface area (Å²) in [7, 11) is -1.84. The quantitative estimate of drug-likeness (QED) is 0.725. The summed E-state index contributed by atoms with van der Waals surface area (Å²) in [5, 5.41) is 0. The first-order valence-corrected chi connectivity index (χ1v) is 7.32. The lowest BCUT2D eigenvalue weighted by atomic mass is 10.2. The molecular formula is C12H15F2O5P. The second-order valence-corrected chi connectivity index (χ2v) is 6.26. The SMILES string of the molecule is COP(=O)(CC(=O)C(F)(F)Oc1cccc(C)c1)OC. The van der Waals surface area contributed by atoms with Crippen LogP contribution in [0, 0.1) is 6.92 Å². The van der Waals surface area contributed by atoms with Crippen molar-refractivity contribution >= 4 is 13.4 Å². The zero-order valence-corrected chi connectivity index (χ0v) is 12.2. The van der Waals surface area contributed by atoms with Gasteiger partial charge in [0.05, 0.1) is 0 Å². The molecule has 0 N–H and O–H groups in total. The van der Waals surface area contributed by atoms with Gasteiger partial charge in [0, 0.05) is 14.2 Å². The normalized spacial score (nSPS) is 12.2. The molecule has 0 aliphatic heterocycles. The summed E-state index contributed by atoms with van der Waals surface area (Å²) in [6.07, 6.45) is -5.18. The van der Waals surface area contributed by atoms with Crippen molar-refractivity contribution in [3.05, 3.63) is 29.8 Å². The van der Waals surface area contributed by atoms with E-state index in [1.807, 2.05) is 0 Å². The third kappa shape index (κ3) is 4.37. The Labute approximate surface area is 115 Å². The van der Waals surface area contributed by atoms with Gasteiger partial charge in [-0.05, 0) is 24.6 Å². The van der Waals surface area contributed by atoms with Crippen LogP contribution in [0.5, 0.6) is 5.75 Å². The lowest BCUT2D eigenvalue weighted by Crippen LogP contribution is -2.37. The van der Waals surface area contributed by atoms with Gasteiger partial charge in [0.1, 0.15) is 11.9 Å². The third-order valence-electron chi connectivity index (χ3n) is 2.45. The van der Waals surface area contributed by atoms with E-state index in [-0.39, 0.29) is 5.75 Å². The van der Waals surface area contributed by atoms with Crippen molar-refractivity contribution in [3.8, 4) is 5.75 Å². The minimum atomic E-state index is -4.11. The molecule has 0 aliphatic rings. The monoisotopic (exact) mass is 308 g/mol. The van der Waals surface area contributed by atoms with Crippen molar-refractivity contribution in [2.24, 2.45) is 0 Å². The van der Waals surface area contributed by atoms with Crippen LogP contribution in [0.2, 0.25) is 0 Å². The Morgan fingerprint density at radius 1 is 1.30 bits per heavy atom. The standard InChI is InChI=1S/C12H15F2O5P/c1-9-5-4-6-10(7-9)19-12(13,14)11(15)8-20(16,17-2)18-3/h4-7H,8H2,1-3H3. The number of rotatable bonds is 7. The molecule has 0 saturated heterocycles. The average molecular weight is 308 g/mol. The highest BCUT2D eigenvalue weighted by molar-refractivity contribution is 7.54. The number of carbonyl (C=O) groups is 1. The topological polar surface area (TPSA) is 61.8 Å². The molecule has 1 aromatic carbocycles. The molecule has 0 aliphatic carbocycles. The molecule has 0 amide bonds. The van der Waals surface area contributed by atoms with Crippen molar-refractivity contribution in [1.82, 2.24) is 0 Å². The van der Waals surface area contributed by atoms with Crippen LogP contribution in [0.25, 0.3) is 0 Å². The van der Waals surface area contributed by atoms with Gasteiger partial charge in [-0.3, -0.25) is 9.36 Å². The Balaban J connectivity index is 2.83. The summed E-state index contributed by atoms with van der Waals surface area (Å²) in [5.41, 5.74) is 0.699. The molecule has 0 unspecified atom stereocenters. The third-order valence-corrected chi connectivity index (χ3v) is 4.24. The van der Waals surface area contributed by atoms with Gasteiger partial charge in [-0.15, -0.1) is 0 Å². The summed E-state index contributed by atoms with van der Waals surface area (Å²) >= 11 is 0. The summed E-state index contributed by atoms with van der Waals surface area (Å²) < 4.78 is 52.2. The highest BCUT2D eigenvalue weighted by atomic mass is 31.2. The predicted molar refractivity (Wildman–Crippen MR) is 68.3 cm³/mol. The fraction of sp³-hybridized carbons (Fsp3) is 0.417. The van der Waals surface area contributed by atoms with E-state index in [0.717, 1.165) is 14.2 Å². The molecule has 0 spiro atoms. The van der Waals surface area contributed by atoms with Crippen molar-refractivity contribution < 1.29 is 31.9 Å². The molecule has 1 aromatic rings. The van der Waals surface area contributed by atoms with Crippen LogP contribution >= 0.6 is 7.60 Å². The number of ether oxygens (including phenoxy) is 1. The first-order valence-electron chi connectivity index (χ1n) is 5.60. The van der Waals surface area contributed by atoms with Gasteiger partial charge in [0.15, 0.2) is 0 Å². The number of aryl methyl sites for hydroxylation is 1. The van der Waals surface area contributed by atoms with E-state index in [1.54, 1.807) is 13.0 Å². The minimum Gasteiger partial charge on any atom is -0.427 e. The average Bonchev–Trinajstić information content (AvgIpc) is 2.38. The van der Waals surface area contributed by atoms with Crippen molar-refractivity contribution in [3.63, 3.8) is 0 Å². The van der Waals surface area contributed by atoms with Gasteiger partial charge >= 0.3 is 13.7 Å². The Kier molecular flexibility index (Phi) is 5.39. The van der Waals surface area contributed by atoms with Gasteiger partial charge in [-0.25, -0.2) is 0 Å². The summed E-state index contributed by atoms with van der Waals surface area (Å²) in [6, 6.07) is 5.85. The molecule has 0 saturated carbocycles. The maximum Gasteiger partial charge on any atom is 0.461 e. The number of benzene rings is 1. The van der Waals surface area contributed by atoms with Crippen LogP contribution in [0.3, 0.4) is 0 Å². The molecule has 0 bridgehead atoms. The van der Waals surface area contributed by atoms with E-state index in [0.29, 0.717) is 5.56 Å². The van der Waals surface area contributed by atoms with Crippen molar-refractivity contribution in [2.45, 2.75) is 13.0 Å². The van der Waals surface area contributed by atoms with E-state index in [9.17, 15) is 18.1 Å². The molecule has 20 heavy (non-hydrogen) atoms. The first-order chi connectivity index (χ1) is 9.22. The van der Waals surface area contributed by atoms with E-state index in [1.165, 1.54) is 18.2 Å². The molecule has 0 heterocycles. The fourth-order valence-corrected chi connectivity index (χ4v) is 2.30. The van der Waals surface area contributed by atoms with Crippen LogP contribution in [-0.4, -0.2) is 32.3 Å². The number of hydrogen-bond donors (Lipinski definition) is 0. The van der Waals surface area contributed by atoms with Crippen LogP contribution < -0.4 is 4.74 Å². The number of alkyl halides is 2. The molecule has 0 fully saturated rings. The second kappa shape index (κ2) is 6.43. The maximum absolute atomic E-state index is 13.6. The lowest BCUT2D eigenvalue weighted by Gasteiger charge is -2.19. The summed E-state index contributed by atoms with van der Waals surface area (Å²) in [6.45, 7) is 1.69. The Morgan fingerprint density at radius 2 is 1.90 bits per heavy atom. The van der Waals surface area contributed by atoms with Crippen LogP contribution in [0.1, 0.15) is 5.56 Å². The largest absolute Gasteiger partial charge is 0.461 e. The Morgan fingerprint density at radius 3 is 2.40 bits per heavy atom. The molecule has 0 radical (unpaired) electrons. The number of Topliss-reactive ketones (excluding diaryl/α,β-unsaturated/α-hetero) is 1. The lowest BCUT2D eigenvalue weighted by molar-refractivity contribution is -0.188.